The second-order valence-electron chi connectivity index (χ2n) is 5.74. The van der Waals surface area contributed by atoms with E-state index < -0.39 is 0 Å². The van der Waals surface area contributed by atoms with E-state index in [1.54, 1.807) is 20.3 Å². The number of carbonyl (C=O) groups is 1. The molecule has 3 aromatic carbocycles. The maximum atomic E-state index is 12.1. The van der Waals surface area contributed by atoms with Crippen LogP contribution in [0.2, 0.25) is 0 Å². The fraction of sp³-hybridized carbons (Fsp3) is 0.0952. The monoisotopic (exact) mass is 316 g/mol. The molecule has 0 saturated carbocycles. The quantitative estimate of drug-likeness (QED) is 0.700. The highest BCUT2D eigenvalue weighted by Crippen LogP contribution is 2.36. The van der Waals surface area contributed by atoms with E-state index in [1.165, 1.54) is 0 Å². The maximum Gasteiger partial charge on any atom is 0.186 e. The van der Waals surface area contributed by atoms with Gasteiger partial charge in [0.25, 0.3) is 0 Å². The molecule has 1 aliphatic rings. The van der Waals surface area contributed by atoms with Crippen molar-refractivity contribution >= 4 is 22.6 Å². The smallest absolute Gasteiger partial charge is 0.186 e. The molecule has 0 unspecified atom stereocenters. The van der Waals surface area contributed by atoms with Gasteiger partial charge in [-0.2, -0.15) is 0 Å². The molecule has 0 radical (unpaired) electrons. The zero-order chi connectivity index (χ0) is 16.7. The summed E-state index contributed by atoms with van der Waals surface area (Å²) in [6, 6.07) is 15.9. The van der Waals surface area contributed by atoms with E-state index in [1.807, 2.05) is 42.5 Å². The molecule has 0 aliphatic heterocycles. The largest absolute Gasteiger partial charge is 0.493 e. The van der Waals surface area contributed by atoms with Gasteiger partial charge in [-0.25, -0.2) is 0 Å². The highest BCUT2D eigenvalue weighted by Gasteiger charge is 2.16. The zero-order valence-electron chi connectivity index (χ0n) is 13.5. The summed E-state index contributed by atoms with van der Waals surface area (Å²) in [4.78, 5) is 12.1. The molecular formula is C21H16O3. The van der Waals surface area contributed by atoms with Crippen LogP contribution in [0, 0.1) is 0 Å². The summed E-state index contributed by atoms with van der Waals surface area (Å²) in [6.07, 6.45) is 3.53. The molecule has 0 spiro atoms. The van der Waals surface area contributed by atoms with Crippen LogP contribution in [0.1, 0.15) is 15.9 Å². The third kappa shape index (κ3) is 2.17. The van der Waals surface area contributed by atoms with Gasteiger partial charge < -0.3 is 9.47 Å². The Morgan fingerprint density at radius 3 is 2.42 bits per heavy atom. The molecule has 0 fully saturated rings. The molecule has 0 saturated heterocycles. The summed E-state index contributed by atoms with van der Waals surface area (Å²) in [5.41, 5.74) is 3.95. The van der Waals surface area contributed by atoms with E-state index in [2.05, 4.69) is 12.1 Å². The Balaban J connectivity index is 1.94. The summed E-state index contributed by atoms with van der Waals surface area (Å²) in [5.74, 6) is 1.46. The predicted molar refractivity (Wildman–Crippen MR) is 95.9 cm³/mol. The number of carbonyl (C=O) groups excluding carboxylic acids is 1. The van der Waals surface area contributed by atoms with Gasteiger partial charge >= 0.3 is 0 Å². The molecule has 4 rings (SSSR count). The van der Waals surface area contributed by atoms with E-state index in [0.717, 1.165) is 33.0 Å². The van der Waals surface area contributed by atoms with Gasteiger partial charge in [-0.15, -0.1) is 0 Å². The molecule has 0 N–H and O–H groups in total. The van der Waals surface area contributed by atoms with Crippen LogP contribution in [0.4, 0.5) is 0 Å². The van der Waals surface area contributed by atoms with Crippen molar-refractivity contribution < 1.29 is 14.3 Å². The molecular weight excluding hydrogens is 300 g/mol. The van der Waals surface area contributed by atoms with Crippen molar-refractivity contribution in [2.45, 2.75) is 0 Å². The lowest BCUT2D eigenvalue weighted by Gasteiger charge is -2.15. The summed E-state index contributed by atoms with van der Waals surface area (Å²) < 4.78 is 10.7. The van der Waals surface area contributed by atoms with Crippen LogP contribution in [0.3, 0.4) is 0 Å². The summed E-state index contributed by atoms with van der Waals surface area (Å²) >= 11 is 0. The third-order valence-electron chi connectivity index (χ3n) is 4.40. The highest BCUT2D eigenvalue weighted by molar-refractivity contribution is 6.20. The van der Waals surface area contributed by atoms with Crippen LogP contribution in [-0.2, 0) is 0 Å². The molecule has 0 heterocycles. The molecule has 0 atom stereocenters. The number of rotatable bonds is 3. The molecule has 0 bridgehead atoms. The minimum Gasteiger partial charge on any atom is -0.493 e. The van der Waals surface area contributed by atoms with Gasteiger partial charge in [0.15, 0.2) is 17.3 Å². The van der Waals surface area contributed by atoms with Crippen LogP contribution in [0.15, 0.2) is 54.6 Å². The van der Waals surface area contributed by atoms with E-state index in [4.69, 9.17) is 9.47 Å². The van der Waals surface area contributed by atoms with Gasteiger partial charge in [0.05, 0.1) is 14.2 Å². The van der Waals surface area contributed by atoms with Crippen LogP contribution >= 0.6 is 0 Å². The molecule has 3 aromatic rings. The predicted octanol–water partition coefficient (Wildman–Crippen LogP) is 4.73. The maximum absolute atomic E-state index is 12.1. The van der Waals surface area contributed by atoms with Crippen molar-refractivity contribution in [3.05, 3.63) is 65.7 Å². The molecule has 0 aromatic heterocycles. The van der Waals surface area contributed by atoms with Gasteiger partial charge in [0, 0.05) is 10.9 Å². The number of hydrogen-bond acceptors (Lipinski definition) is 3. The van der Waals surface area contributed by atoms with Crippen molar-refractivity contribution in [2.24, 2.45) is 0 Å². The van der Waals surface area contributed by atoms with Gasteiger partial charge in [-0.05, 0) is 52.4 Å². The number of hydrogen-bond donors (Lipinski definition) is 0. The van der Waals surface area contributed by atoms with Crippen LogP contribution in [-0.4, -0.2) is 20.0 Å². The minimum atomic E-state index is 0.0620. The van der Waals surface area contributed by atoms with Crippen LogP contribution < -0.4 is 9.47 Å². The molecule has 3 heteroatoms. The van der Waals surface area contributed by atoms with E-state index in [0.29, 0.717) is 11.5 Å². The Bertz CT molecular complexity index is 999. The third-order valence-corrected chi connectivity index (χ3v) is 4.40. The number of benzene rings is 3. The Labute approximate surface area is 140 Å². The number of methoxy groups -OCH3 is 2. The first-order valence-electron chi connectivity index (χ1n) is 7.73. The first-order valence-corrected chi connectivity index (χ1v) is 7.73. The lowest BCUT2D eigenvalue weighted by atomic mass is 9.89. The second kappa shape index (κ2) is 5.53. The summed E-state index contributed by atoms with van der Waals surface area (Å²) in [7, 11) is 3.26. The van der Waals surface area contributed by atoms with Crippen molar-refractivity contribution in [3.8, 4) is 22.6 Å². The number of ether oxygens (including phenoxy) is 2. The minimum absolute atomic E-state index is 0.0620. The standard InChI is InChI=1S/C21H16O3/c1-23-19-9-7-13(12-20(19)24-2)16-10-14-4-3-5-17-18(22)8-6-15(11-16)21(14)17/h3-12H,1-2H3. The fourth-order valence-corrected chi connectivity index (χ4v) is 3.24. The molecule has 118 valence electrons. The van der Waals surface area contributed by atoms with Gasteiger partial charge in [0.1, 0.15) is 0 Å². The lowest BCUT2D eigenvalue weighted by Crippen LogP contribution is -2.01. The van der Waals surface area contributed by atoms with Gasteiger partial charge in [0.2, 0.25) is 0 Å². The summed E-state index contributed by atoms with van der Waals surface area (Å²) in [6.45, 7) is 0. The Kier molecular flexibility index (Phi) is 3.35. The average Bonchev–Trinajstić information content (AvgIpc) is 2.63. The van der Waals surface area contributed by atoms with Gasteiger partial charge in [-0.1, -0.05) is 30.3 Å². The highest BCUT2D eigenvalue weighted by atomic mass is 16.5. The SMILES string of the molecule is COc1ccc(-c2cc3c4c(cccc4c2)C(=O)C=C3)cc1OC. The molecule has 1 aliphatic carbocycles. The number of allylic oxidation sites excluding steroid dienone is 1. The second-order valence-corrected chi connectivity index (χ2v) is 5.74. The van der Waals surface area contributed by atoms with Crippen LogP contribution in [0.25, 0.3) is 28.0 Å². The number of ketones is 1. The van der Waals surface area contributed by atoms with Crippen molar-refractivity contribution in [3.63, 3.8) is 0 Å². The van der Waals surface area contributed by atoms with E-state index in [-0.39, 0.29) is 5.78 Å². The van der Waals surface area contributed by atoms with Crippen LogP contribution in [0.5, 0.6) is 11.5 Å². The average molecular weight is 316 g/mol. The molecule has 0 amide bonds. The fourth-order valence-electron chi connectivity index (χ4n) is 3.24. The zero-order valence-corrected chi connectivity index (χ0v) is 13.5. The topological polar surface area (TPSA) is 35.5 Å². The van der Waals surface area contributed by atoms with Crippen molar-refractivity contribution in [2.75, 3.05) is 14.2 Å². The van der Waals surface area contributed by atoms with Crippen molar-refractivity contribution in [1.29, 1.82) is 0 Å². The normalized spacial score (nSPS) is 12.5. The Morgan fingerprint density at radius 2 is 1.62 bits per heavy atom. The first-order chi connectivity index (χ1) is 11.7. The van der Waals surface area contributed by atoms with Gasteiger partial charge in [-0.3, -0.25) is 4.79 Å². The van der Waals surface area contributed by atoms with E-state index in [9.17, 15) is 4.79 Å². The Morgan fingerprint density at radius 1 is 0.792 bits per heavy atom. The first kappa shape index (κ1) is 14.5. The van der Waals surface area contributed by atoms with E-state index >= 15 is 0 Å². The molecule has 3 nitrogen and oxygen atoms in total. The lowest BCUT2D eigenvalue weighted by molar-refractivity contribution is 0.104. The molecule has 24 heavy (non-hydrogen) atoms. The Hall–Kier alpha value is -3.07. The van der Waals surface area contributed by atoms with Crippen molar-refractivity contribution in [1.82, 2.24) is 0 Å². The summed E-state index contributed by atoms with van der Waals surface area (Å²) in [5, 5.41) is 2.08.